The monoisotopic (exact) mass is 390 g/mol. The minimum absolute atomic E-state index is 0.00446. The smallest absolute Gasteiger partial charge is 0.240 e. The quantitative estimate of drug-likeness (QED) is 0.710. The average molecular weight is 391 g/mol. The fraction of sp³-hybridized carbons (Fsp3) is 0.350. The molecule has 4 rings (SSSR count). The van der Waals surface area contributed by atoms with E-state index in [1.807, 2.05) is 28.6 Å². The first kappa shape index (κ1) is 17.7. The largest absolute Gasteiger partial charge is 0.352 e. The van der Waals surface area contributed by atoms with E-state index in [0.717, 1.165) is 34.6 Å². The highest BCUT2D eigenvalue weighted by Crippen LogP contribution is 2.47. The Morgan fingerprint density at radius 1 is 1.19 bits per heavy atom. The maximum atomic E-state index is 14.1. The van der Waals surface area contributed by atoms with Crippen LogP contribution in [-0.2, 0) is 4.79 Å². The zero-order valence-corrected chi connectivity index (χ0v) is 15.9. The number of carbonyl (C=O) groups excluding carboxylic acids is 1. The van der Waals surface area contributed by atoms with E-state index in [9.17, 15) is 9.18 Å². The van der Waals surface area contributed by atoms with Crippen molar-refractivity contribution in [2.24, 2.45) is 0 Å². The van der Waals surface area contributed by atoms with Gasteiger partial charge in [-0.1, -0.05) is 49.1 Å². The van der Waals surface area contributed by atoms with Crippen LogP contribution in [-0.4, -0.2) is 18.5 Å². The van der Waals surface area contributed by atoms with Gasteiger partial charge in [0.15, 0.2) is 0 Å². The average Bonchev–Trinajstić information content (AvgIpc) is 2.64. The Bertz CT molecular complexity index is 839. The molecule has 1 saturated carbocycles. The van der Waals surface area contributed by atoms with Gasteiger partial charge in [0, 0.05) is 16.5 Å². The lowest BCUT2D eigenvalue weighted by molar-refractivity contribution is -0.120. The molecule has 0 spiro atoms. The van der Waals surface area contributed by atoms with Gasteiger partial charge < -0.3 is 9.62 Å². The van der Waals surface area contributed by atoms with Crippen LogP contribution in [0.1, 0.15) is 32.1 Å². The van der Waals surface area contributed by atoms with Crippen molar-refractivity contribution in [1.82, 2.24) is 5.32 Å². The Kier molecular flexibility index (Phi) is 5.09. The van der Waals surface area contributed by atoms with Gasteiger partial charge in [-0.05, 0) is 48.6 Å². The lowest BCUT2D eigenvalue weighted by atomic mass is 9.95. The summed E-state index contributed by atoms with van der Waals surface area (Å²) in [7, 11) is 0. The molecular formula is C20H20ClFN2OS. The number of rotatable bonds is 3. The lowest BCUT2D eigenvalue weighted by Gasteiger charge is -2.32. The second-order valence-electron chi connectivity index (χ2n) is 6.81. The van der Waals surface area contributed by atoms with Gasteiger partial charge in [-0.15, -0.1) is 0 Å². The summed E-state index contributed by atoms with van der Waals surface area (Å²) in [6, 6.07) is 11.2. The number of fused-ring (bicyclic) bond motifs is 3. The molecule has 0 bridgehead atoms. The third-order valence-electron chi connectivity index (χ3n) is 4.95. The highest BCUT2D eigenvalue weighted by molar-refractivity contribution is 8.01. The third-order valence-corrected chi connectivity index (χ3v) is 6.34. The molecule has 2 aliphatic rings. The van der Waals surface area contributed by atoms with Crippen LogP contribution in [0.3, 0.4) is 0 Å². The number of hydrogen-bond acceptors (Lipinski definition) is 3. The summed E-state index contributed by atoms with van der Waals surface area (Å²) in [5.74, 6) is -0.450. The number of hydrogen-bond donors (Lipinski definition) is 1. The van der Waals surface area contributed by atoms with E-state index in [4.69, 9.17) is 11.6 Å². The van der Waals surface area contributed by atoms with Crippen LogP contribution in [0.15, 0.2) is 41.3 Å². The van der Waals surface area contributed by atoms with Gasteiger partial charge in [-0.3, -0.25) is 4.79 Å². The highest BCUT2D eigenvalue weighted by atomic mass is 35.5. The standard InChI is InChI=1S/C20H20ClFN2OS/c21-16-11-18-15(10-17(16)22)14-8-4-5-9-19(14)26-24(18)12-20(25)23-13-6-2-1-3-7-13/h4-5,8-11,13H,1-3,6-7,12H2,(H,23,25). The summed E-state index contributed by atoms with van der Waals surface area (Å²) in [5.41, 5.74) is 2.51. The van der Waals surface area contributed by atoms with E-state index in [-0.39, 0.29) is 23.5 Å². The summed E-state index contributed by atoms with van der Waals surface area (Å²) in [5, 5.41) is 3.22. The fourth-order valence-electron chi connectivity index (χ4n) is 3.66. The molecule has 0 unspecified atom stereocenters. The van der Waals surface area contributed by atoms with Crippen LogP contribution in [0.25, 0.3) is 11.1 Å². The van der Waals surface area contributed by atoms with Gasteiger partial charge in [0.05, 0.1) is 10.7 Å². The molecule has 1 aliphatic heterocycles. The topological polar surface area (TPSA) is 32.3 Å². The van der Waals surface area contributed by atoms with E-state index in [1.165, 1.54) is 37.3 Å². The first-order valence-electron chi connectivity index (χ1n) is 8.95. The molecule has 1 amide bonds. The van der Waals surface area contributed by atoms with Gasteiger partial charge in [0.25, 0.3) is 0 Å². The van der Waals surface area contributed by atoms with Crippen LogP contribution >= 0.6 is 23.5 Å². The van der Waals surface area contributed by atoms with E-state index in [1.54, 1.807) is 6.07 Å². The Balaban J connectivity index is 1.59. The zero-order chi connectivity index (χ0) is 18.1. The number of benzene rings is 2. The normalized spacial score (nSPS) is 16.8. The fourth-order valence-corrected chi connectivity index (χ4v) is 4.91. The minimum atomic E-state index is -0.446. The molecule has 1 N–H and O–H groups in total. The molecule has 6 heteroatoms. The van der Waals surface area contributed by atoms with Crippen LogP contribution < -0.4 is 9.62 Å². The van der Waals surface area contributed by atoms with E-state index >= 15 is 0 Å². The molecule has 2 aromatic carbocycles. The summed E-state index contributed by atoms with van der Waals surface area (Å²) in [6.45, 7) is 0.213. The number of amides is 1. The van der Waals surface area contributed by atoms with Crippen molar-refractivity contribution >= 4 is 35.1 Å². The molecule has 3 nitrogen and oxygen atoms in total. The van der Waals surface area contributed by atoms with Crippen LogP contribution in [0, 0.1) is 5.82 Å². The summed E-state index contributed by atoms with van der Waals surface area (Å²) in [4.78, 5) is 13.6. The third kappa shape index (κ3) is 3.55. The molecule has 0 radical (unpaired) electrons. The number of nitrogens with one attached hydrogen (secondary N) is 1. The van der Waals surface area contributed by atoms with Gasteiger partial charge in [0.2, 0.25) is 5.91 Å². The Morgan fingerprint density at radius 2 is 1.96 bits per heavy atom. The van der Waals surface area contributed by atoms with Crippen molar-refractivity contribution in [1.29, 1.82) is 0 Å². The van der Waals surface area contributed by atoms with Crippen LogP contribution in [0.5, 0.6) is 0 Å². The maximum absolute atomic E-state index is 14.1. The van der Waals surface area contributed by atoms with Crippen molar-refractivity contribution < 1.29 is 9.18 Å². The molecular weight excluding hydrogens is 371 g/mol. The molecule has 26 heavy (non-hydrogen) atoms. The van der Waals surface area contributed by atoms with Gasteiger partial charge in [-0.25, -0.2) is 4.39 Å². The van der Waals surface area contributed by atoms with Crippen LogP contribution in [0.4, 0.5) is 10.1 Å². The second kappa shape index (κ2) is 7.49. The molecule has 1 aliphatic carbocycles. The molecule has 1 heterocycles. The molecule has 136 valence electrons. The van der Waals surface area contributed by atoms with E-state index in [2.05, 4.69) is 5.32 Å². The number of halogens is 2. The summed E-state index contributed by atoms with van der Waals surface area (Å²) < 4.78 is 16.0. The van der Waals surface area contributed by atoms with Crippen LogP contribution in [0.2, 0.25) is 5.02 Å². The van der Waals surface area contributed by atoms with Crippen molar-refractivity contribution in [3.63, 3.8) is 0 Å². The first-order valence-corrected chi connectivity index (χ1v) is 10.1. The van der Waals surface area contributed by atoms with Gasteiger partial charge in [0.1, 0.15) is 12.4 Å². The molecule has 0 aromatic heterocycles. The first-order chi connectivity index (χ1) is 12.6. The Hall–Kier alpha value is -1.72. The minimum Gasteiger partial charge on any atom is -0.352 e. The summed E-state index contributed by atoms with van der Waals surface area (Å²) >= 11 is 7.51. The van der Waals surface area contributed by atoms with E-state index in [0.29, 0.717) is 0 Å². The highest BCUT2D eigenvalue weighted by Gasteiger charge is 2.27. The predicted molar refractivity (Wildman–Crippen MR) is 105 cm³/mol. The van der Waals surface area contributed by atoms with Crippen molar-refractivity contribution in [2.45, 2.75) is 43.0 Å². The maximum Gasteiger partial charge on any atom is 0.240 e. The number of carbonyl (C=O) groups is 1. The molecule has 1 fully saturated rings. The Labute approximate surface area is 162 Å². The Morgan fingerprint density at radius 3 is 2.77 bits per heavy atom. The summed E-state index contributed by atoms with van der Waals surface area (Å²) in [6.07, 6.45) is 5.70. The molecule has 0 atom stereocenters. The van der Waals surface area contributed by atoms with Gasteiger partial charge in [-0.2, -0.15) is 0 Å². The number of nitrogens with zero attached hydrogens (tertiary/aromatic N) is 1. The zero-order valence-electron chi connectivity index (χ0n) is 14.3. The van der Waals surface area contributed by atoms with Crippen molar-refractivity contribution in [2.75, 3.05) is 10.8 Å². The molecule has 2 aromatic rings. The van der Waals surface area contributed by atoms with Gasteiger partial charge >= 0.3 is 0 Å². The van der Waals surface area contributed by atoms with Crippen molar-refractivity contribution in [3.05, 3.63) is 47.2 Å². The second-order valence-corrected chi connectivity index (χ2v) is 8.28. The number of anilines is 1. The SMILES string of the molecule is O=C(CN1Sc2ccccc2-c2cc(F)c(Cl)cc21)NC1CCCCC1. The molecule has 0 saturated heterocycles. The predicted octanol–water partition coefficient (Wildman–Crippen LogP) is 5.42. The lowest BCUT2D eigenvalue weighted by Crippen LogP contribution is -2.41. The van der Waals surface area contributed by atoms with Crippen molar-refractivity contribution in [3.8, 4) is 11.1 Å². The van der Waals surface area contributed by atoms with E-state index < -0.39 is 5.82 Å².